The number of halogens is 2. The summed E-state index contributed by atoms with van der Waals surface area (Å²) in [6.45, 7) is 6.33. The molecule has 2 saturated heterocycles. The number of fused-ring (bicyclic) bond motifs is 1. The molecule has 2 aliphatic heterocycles. The molecule has 1 aliphatic carbocycles. The molecule has 4 rings (SSSR count). The van der Waals surface area contributed by atoms with Crippen molar-refractivity contribution in [3.8, 4) is 5.75 Å². The van der Waals surface area contributed by atoms with Crippen LogP contribution in [-0.2, 0) is 0 Å². The number of hydrogen-bond acceptors (Lipinski definition) is 5. The van der Waals surface area contributed by atoms with Gasteiger partial charge in [-0.1, -0.05) is 12.1 Å². The number of piperazine rings is 1. The average molecular weight is 404 g/mol. The standard InChI is InChI=1S/C19H29N3O2.2ClH/c1-21-6-8-22(9-7-21)16-4-2-3-5-18(16)24-19-11-15-13-20-12-14(15)10-17(19)23;;/h2-5,14-15,17,19-20,23H,6-13H2,1H3;2*1H/t14-,15+,17+,19+;;/m0../s1. The van der Waals surface area contributed by atoms with Gasteiger partial charge in [0.25, 0.3) is 0 Å². The summed E-state index contributed by atoms with van der Waals surface area (Å²) in [5.41, 5.74) is 1.17. The van der Waals surface area contributed by atoms with E-state index < -0.39 is 0 Å². The van der Waals surface area contributed by atoms with Crippen molar-refractivity contribution in [2.24, 2.45) is 11.8 Å². The lowest BCUT2D eigenvalue weighted by Crippen LogP contribution is -2.45. The van der Waals surface area contributed by atoms with Gasteiger partial charge in [-0.3, -0.25) is 0 Å². The van der Waals surface area contributed by atoms with Gasteiger partial charge in [-0.2, -0.15) is 0 Å². The van der Waals surface area contributed by atoms with E-state index in [0.717, 1.165) is 57.9 Å². The highest BCUT2D eigenvalue weighted by Crippen LogP contribution is 2.37. The van der Waals surface area contributed by atoms with Crippen LogP contribution in [0.5, 0.6) is 5.75 Å². The molecule has 0 amide bonds. The fraction of sp³-hybridized carbons (Fsp3) is 0.684. The van der Waals surface area contributed by atoms with Crippen molar-refractivity contribution >= 4 is 30.5 Å². The minimum absolute atomic E-state index is 0. The van der Waals surface area contributed by atoms with Gasteiger partial charge in [-0.15, -0.1) is 24.8 Å². The lowest BCUT2D eigenvalue weighted by atomic mass is 9.78. The number of anilines is 1. The molecule has 7 heteroatoms. The molecular weight excluding hydrogens is 373 g/mol. The van der Waals surface area contributed by atoms with Crippen LogP contribution in [0.4, 0.5) is 5.69 Å². The molecule has 148 valence electrons. The second-order valence-electron chi connectivity index (χ2n) is 7.63. The van der Waals surface area contributed by atoms with Crippen molar-refractivity contribution in [3.63, 3.8) is 0 Å². The van der Waals surface area contributed by atoms with Crippen LogP contribution in [0.25, 0.3) is 0 Å². The molecule has 1 saturated carbocycles. The van der Waals surface area contributed by atoms with Gasteiger partial charge in [-0.25, -0.2) is 0 Å². The van der Waals surface area contributed by atoms with Gasteiger partial charge in [0.05, 0.1) is 11.8 Å². The Balaban J connectivity index is 0.00000121. The number of hydrogen-bond donors (Lipinski definition) is 2. The summed E-state index contributed by atoms with van der Waals surface area (Å²) in [4.78, 5) is 4.77. The van der Waals surface area contributed by atoms with E-state index in [0.29, 0.717) is 11.8 Å². The monoisotopic (exact) mass is 403 g/mol. The summed E-state index contributed by atoms with van der Waals surface area (Å²) >= 11 is 0. The molecule has 3 fully saturated rings. The molecule has 1 aromatic carbocycles. The van der Waals surface area contributed by atoms with E-state index >= 15 is 0 Å². The van der Waals surface area contributed by atoms with Crippen molar-refractivity contribution in [3.05, 3.63) is 24.3 Å². The van der Waals surface area contributed by atoms with E-state index in [9.17, 15) is 5.11 Å². The molecular formula is C19H31Cl2N3O2. The molecule has 0 unspecified atom stereocenters. The summed E-state index contributed by atoms with van der Waals surface area (Å²) in [6.07, 6.45) is 1.38. The Morgan fingerprint density at radius 1 is 1.00 bits per heavy atom. The van der Waals surface area contributed by atoms with Crippen LogP contribution < -0.4 is 15.0 Å². The fourth-order valence-electron chi connectivity index (χ4n) is 4.41. The lowest BCUT2D eigenvalue weighted by molar-refractivity contribution is -0.0229. The quantitative estimate of drug-likeness (QED) is 0.808. The number of aliphatic hydroxyl groups is 1. The van der Waals surface area contributed by atoms with E-state index in [2.05, 4.69) is 40.4 Å². The molecule has 0 spiro atoms. The smallest absolute Gasteiger partial charge is 0.143 e. The first-order valence-electron chi connectivity index (χ1n) is 9.28. The molecule has 3 aliphatic rings. The zero-order valence-corrected chi connectivity index (χ0v) is 17.0. The highest BCUT2D eigenvalue weighted by molar-refractivity contribution is 5.85. The van der Waals surface area contributed by atoms with Crippen LogP contribution in [0, 0.1) is 11.8 Å². The summed E-state index contributed by atoms with van der Waals surface area (Å²) < 4.78 is 6.35. The first-order chi connectivity index (χ1) is 11.7. The third kappa shape index (κ3) is 4.57. The normalized spacial score (nSPS) is 31.5. The van der Waals surface area contributed by atoms with E-state index in [1.165, 1.54) is 5.69 Å². The molecule has 0 radical (unpaired) electrons. The number of rotatable bonds is 3. The molecule has 2 N–H and O–H groups in total. The summed E-state index contributed by atoms with van der Waals surface area (Å²) in [6, 6.07) is 8.31. The van der Waals surface area contributed by atoms with Crippen molar-refractivity contribution in [1.82, 2.24) is 10.2 Å². The molecule has 4 atom stereocenters. The highest BCUT2D eigenvalue weighted by Gasteiger charge is 2.40. The van der Waals surface area contributed by atoms with Gasteiger partial charge in [0, 0.05) is 26.2 Å². The number of para-hydroxylation sites is 2. The largest absolute Gasteiger partial charge is 0.486 e. The van der Waals surface area contributed by atoms with Crippen molar-refractivity contribution < 1.29 is 9.84 Å². The molecule has 26 heavy (non-hydrogen) atoms. The van der Waals surface area contributed by atoms with Crippen LogP contribution in [0.2, 0.25) is 0 Å². The summed E-state index contributed by atoms with van der Waals surface area (Å²) in [5, 5.41) is 14.0. The first kappa shape index (κ1) is 21.6. The van der Waals surface area contributed by atoms with Gasteiger partial charge in [0.1, 0.15) is 11.9 Å². The zero-order chi connectivity index (χ0) is 16.5. The number of aliphatic hydroxyl groups excluding tert-OH is 1. The minimum Gasteiger partial charge on any atom is -0.486 e. The number of nitrogens with one attached hydrogen (secondary N) is 1. The maximum Gasteiger partial charge on any atom is 0.143 e. The predicted octanol–water partition coefficient (Wildman–Crippen LogP) is 2.02. The van der Waals surface area contributed by atoms with Gasteiger partial charge in [0.15, 0.2) is 0 Å². The Kier molecular flexibility index (Phi) is 7.86. The van der Waals surface area contributed by atoms with Gasteiger partial charge in [-0.05, 0) is 56.9 Å². The van der Waals surface area contributed by atoms with Crippen molar-refractivity contribution in [1.29, 1.82) is 0 Å². The minimum atomic E-state index is -0.355. The maximum absolute atomic E-state index is 10.5. The SMILES string of the molecule is CN1CCN(c2ccccc2O[C@@H]2C[C@@H]3CNC[C@@H]3C[C@H]2O)CC1.Cl.Cl. The van der Waals surface area contributed by atoms with Crippen LogP contribution in [-0.4, -0.2) is 68.5 Å². The van der Waals surface area contributed by atoms with Crippen LogP contribution in [0.15, 0.2) is 24.3 Å². The molecule has 2 heterocycles. The van der Waals surface area contributed by atoms with Crippen molar-refractivity contribution in [2.75, 3.05) is 51.2 Å². The molecule has 5 nitrogen and oxygen atoms in total. The molecule has 1 aromatic rings. The Morgan fingerprint density at radius 2 is 1.65 bits per heavy atom. The first-order valence-corrected chi connectivity index (χ1v) is 9.28. The van der Waals surface area contributed by atoms with E-state index in [4.69, 9.17) is 4.74 Å². The topological polar surface area (TPSA) is 48.0 Å². The van der Waals surface area contributed by atoms with Gasteiger partial charge >= 0.3 is 0 Å². The summed E-state index contributed by atoms with van der Waals surface area (Å²) in [7, 11) is 2.17. The number of likely N-dealkylation sites (N-methyl/N-ethyl adjacent to an activating group) is 1. The Bertz CT molecular complexity index is 569. The number of nitrogens with zero attached hydrogens (tertiary/aromatic N) is 2. The molecule has 0 bridgehead atoms. The van der Waals surface area contributed by atoms with Crippen LogP contribution >= 0.6 is 24.8 Å². The van der Waals surface area contributed by atoms with Gasteiger partial charge in [0.2, 0.25) is 0 Å². The Labute approximate surface area is 168 Å². The second kappa shape index (κ2) is 9.47. The zero-order valence-electron chi connectivity index (χ0n) is 15.3. The highest BCUT2D eigenvalue weighted by atomic mass is 35.5. The second-order valence-corrected chi connectivity index (χ2v) is 7.63. The van der Waals surface area contributed by atoms with Crippen molar-refractivity contribution in [2.45, 2.75) is 25.0 Å². The average Bonchev–Trinajstić information content (AvgIpc) is 3.04. The summed E-state index contributed by atoms with van der Waals surface area (Å²) in [5.74, 6) is 2.19. The van der Waals surface area contributed by atoms with E-state index in [1.54, 1.807) is 0 Å². The van der Waals surface area contributed by atoms with E-state index in [1.807, 2.05) is 6.07 Å². The van der Waals surface area contributed by atoms with Gasteiger partial charge < -0.3 is 25.0 Å². The Morgan fingerprint density at radius 3 is 2.38 bits per heavy atom. The van der Waals surface area contributed by atoms with E-state index in [-0.39, 0.29) is 37.0 Å². The lowest BCUT2D eigenvalue weighted by Gasteiger charge is -2.38. The fourth-order valence-corrected chi connectivity index (χ4v) is 4.41. The predicted molar refractivity (Wildman–Crippen MR) is 110 cm³/mol. The Hall–Kier alpha value is -0.720. The third-order valence-corrected chi connectivity index (χ3v) is 5.98. The number of ether oxygens (including phenoxy) is 1. The third-order valence-electron chi connectivity index (χ3n) is 5.98. The van der Waals surface area contributed by atoms with Crippen LogP contribution in [0.3, 0.4) is 0 Å². The maximum atomic E-state index is 10.5. The van der Waals surface area contributed by atoms with Crippen LogP contribution in [0.1, 0.15) is 12.8 Å². The molecule has 0 aromatic heterocycles. The number of benzene rings is 1.